The average molecular weight is 399 g/mol. The number of ether oxygens (including phenoxy) is 1. The van der Waals surface area contributed by atoms with Gasteiger partial charge < -0.3 is 9.84 Å². The molecule has 7 heteroatoms. The Morgan fingerprint density at radius 3 is 2.57 bits per heavy atom. The highest BCUT2D eigenvalue weighted by Crippen LogP contribution is 2.34. The number of nitro groups is 1. The van der Waals surface area contributed by atoms with Gasteiger partial charge in [0, 0.05) is 9.64 Å². The molecule has 108 valence electrons. The first kappa shape index (κ1) is 15.2. The number of nitro benzene ring substituents is 1. The summed E-state index contributed by atoms with van der Waals surface area (Å²) in [6.07, 6.45) is 0. The first-order valence-corrected chi connectivity index (χ1v) is 6.92. The van der Waals surface area contributed by atoms with E-state index in [-0.39, 0.29) is 22.7 Å². The lowest BCUT2D eigenvalue weighted by Crippen LogP contribution is -1.99. The van der Waals surface area contributed by atoms with Crippen molar-refractivity contribution in [2.45, 2.75) is 6.92 Å². The molecule has 0 heterocycles. The normalized spacial score (nSPS) is 10.2. The summed E-state index contributed by atoms with van der Waals surface area (Å²) in [5, 5.41) is 20.0. The molecule has 0 saturated carbocycles. The number of aromatic carboxylic acids is 1. The maximum atomic E-state index is 11.1. The fraction of sp³-hybridized carbons (Fsp3) is 0.0714. The zero-order valence-corrected chi connectivity index (χ0v) is 13.0. The van der Waals surface area contributed by atoms with Gasteiger partial charge in [-0.2, -0.15) is 0 Å². The van der Waals surface area contributed by atoms with Crippen LogP contribution >= 0.6 is 22.6 Å². The summed E-state index contributed by atoms with van der Waals surface area (Å²) >= 11 is 1.97. The van der Waals surface area contributed by atoms with E-state index >= 15 is 0 Å². The van der Waals surface area contributed by atoms with Crippen molar-refractivity contribution in [2.24, 2.45) is 0 Å². The number of nitrogens with zero attached hydrogens (tertiary/aromatic N) is 1. The molecule has 0 aliphatic rings. The van der Waals surface area contributed by atoms with E-state index in [0.717, 1.165) is 0 Å². The zero-order chi connectivity index (χ0) is 15.6. The summed E-state index contributed by atoms with van der Waals surface area (Å²) in [5.74, 6) is -0.734. The highest BCUT2D eigenvalue weighted by molar-refractivity contribution is 14.1. The summed E-state index contributed by atoms with van der Waals surface area (Å²) in [4.78, 5) is 21.5. The summed E-state index contributed by atoms with van der Waals surface area (Å²) in [6.45, 7) is 1.74. The number of carboxylic acid groups (broad SMARTS) is 1. The van der Waals surface area contributed by atoms with Gasteiger partial charge in [-0.05, 0) is 59.3 Å². The molecule has 2 aromatic rings. The Labute approximate surface area is 133 Å². The number of rotatable bonds is 4. The lowest BCUT2D eigenvalue weighted by atomic mass is 10.1. The maximum absolute atomic E-state index is 11.1. The zero-order valence-electron chi connectivity index (χ0n) is 10.9. The number of benzene rings is 2. The largest absolute Gasteiger partial charge is 0.478 e. The number of carbonyl (C=O) groups is 1. The van der Waals surface area contributed by atoms with E-state index in [1.807, 2.05) is 22.6 Å². The summed E-state index contributed by atoms with van der Waals surface area (Å²) in [6, 6.07) is 8.96. The molecule has 0 fully saturated rings. The highest BCUT2D eigenvalue weighted by Gasteiger charge is 2.17. The molecule has 2 aromatic carbocycles. The topological polar surface area (TPSA) is 89.7 Å². The Hall–Kier alpha value is -2.16. The molecule has 0 atom stereocenters. The van der Waals surface area contributed by atoms with Gasteiger partial charge in [0.25, 0.3) is 0 Å². The first-order valence-electron chi connectivity index (χ1n) is 5.84. The van der Waals surface area contributed by atoms with E-state index in [4.69, 9.17) is 9.84 Å². The number of hydrogen-bond acceptors (Lipinski definition) is 4. The monoisotopic (exact) mass is 399 g/mol. The Morgan fingerprint density at radius 1 is 1.24 bits per heavy atom. The number of hydrogen-bond donors (Lipinski definition) is 1. The molecule has 0 unspecified atom stereocenters. The molecule has 6 nitrogen and oxygen atoms in total. The second kappa shape index (κ2) is 6.08. The number of aryl methyl sites for hydroxylation is 1. The van der Waals surface area contributed by atoms with Gasteiger partial charge >= 0.3 is 11.7 Å². The molecule has 0 aromatic heterocycles. The van der Waals surface area contributed by atoms with Crippen molar-refractivity contribution in [2.75, 3.05) is 0 Å². The second-order valence-electron chi connectivity index (χ2n) is 4.26. The second-order valence-corrected chi connectivity index (χ2v) is 5.50. The third kappa shape index (κ3) is 3.48. The van der Waals surface area contributed by atoms with Crippen molar-refractivity contribution in [3.8, 4) is 11.5 Å². The van der Waals surface area contributed by atoms with Crippen molar-refractivity contribution < 1.29 is 19.6 Å². The Balaban J connectivity index is 2.45. The van der Waals surface area contributed by atoms with E-state index in [1.165, 1.54) is 24.3 Å². The van der Waals surface area contributed by atoms with Crippen molar-refractivity contribution in [3.05, 3.63) is 61.2 Å². The van der Waals surface area contributed by atoms with Crippen LogP contribution in [0.4, 0.5) is 5.69 Å². The molecule has 0 saturated heterocycles. The van der Waals surface area contributed by atoms with Gasteiger partial charge in [-0.15, -0.1) is 0 Å². The van der Waals surface area contributed by atoms with Crippen molar-refractivity contribution in [1.29, 1.82) is 0 Å². The van der Waals surface area contributed by atoms with Gasteiger partial charge in [0.15, 0.2) is 0 Å². The molecule has 21 heavy (non-hydrogen) atoms. The molecule has 0 aliphatic carbocycles. The predicted molar refractivity (Wildman–Crippen MR) is 84.0 cm³/mol. The lowest BCUT2D eigenvalue weighted by molar-refractivity contribution is -0.385. The van der Waals surface area contributed by atoms with Crippen LogP contribution in [0.25, 0.3) is 0 Å². The van der Waals surface area contributed by atoms with Crippen LogP contribution < -0.4 is 4.74 Å². The van der Waals surface area contributed by atoms with Gasteiger partial charge in [0.05, 0.1) is 10.5 Å². The number of carboxylic acids is 1. The van der Waals surface area contributed by atoms with Gasteiger partial charge in [-0.25, -0.2) is 4.79 Å². The molecular formula is C14H10INO5. The van der Waals surface area contributed by atoms with Crippen LogP contribution in [0.1, 0.15) is 15.9 Å². The minimum Gasteiger partial charge on any atom is -0.478 e. The predicted octanol–water partition coefficient (Wildman–Crippen LogP) is 4.00. The van der Waals surface area contributed by atoms with Crippen LogP contribution in [-0.4, -0.2) is 16.0 Å². The molecule has 0 bridgehead atoms. The fourth-order valence-electron chi connectivity index (χ4n) is 1.68. The van der Waals surface area contributed by atoms with Gasteiger partial charge in [0.1, 0.15) is 5.75 Å². The highest BCUT2D eigenvalue weighted by atomic mass is 127. The van der Waals surface area contributed by atoms with Gasteiger partial charge in [-0.3, -0.25) is 10.1 Å². The Bertz CT molecular complexity index is 729. The summed E-state index contributed by atoms with van der Waals surface area (Å²) < 4.78 is 6.25. The molecule has 0 spiro atoms. The fourth-order valence-corrected chi connectivity index (χ4v) is 2.16. The summed E-state index contributed by atoms with van der Waals surface area (Å²) in [7, 11) is 0. The SMILES string of the molecule is Cc1ccc(C(=O)O)cc1Oc1ccc(I)cc1[N+](=O)[O-]. The third-order valence-electron chi connectivity index (χ3n) is 2.77. The molecule has 0 amide bonds. The van der Waals surface area contributed by atoms with Crippen LogP contribution in [0.3, 0.4) is 0 Å². The van der Waals surface area contributed by atoms with E-state index in [1.54, 1.807) is 19.1 Å². The average Bonchev–Trinajstić information content (AvgIpc) is 2.42. The van der Waals surface area contributed by atoms with Crippen LogP contribution in [0, 0.1) is 20.6 Å². The molecule has 0 radical (unpaired) electrons. The number of halogens is 1. The minimum absolute atomic E-state index is 0.0590. The van der Waals surface area contributed by atoms with Gasteiger partial charge in [-0.1, -0.05) is 6.07 Å². The third-order valence-corrected chi connectivity index (χ3v) is 3.44. The minimum atomic E-state index is -1.09. The Morgan fingerprint density at radius 2 is 1.95 bits per heavy atom. The Kier molecular flexibility index (Phi) is 4.41. The molecular weight excluding hydrogens is 389 g/mol. The van der Waals surface area contributed by atoms with E-state index < -0.39 is 10.9 Å². The van der Waals surface area contributed by atoms with Gasteiger partial charge in [0.2, 0.25) is 5.75 Å². The van der Waals surface area contributed by atoms with Crippen LogP contribution in [0.15, 0.2) is 36.4 Å². The smallest absolute Gasteiger partial charge is 0.335 e. The summed E-state index contributed by atoms with van der Waals surface area (Å²) in [5.41, 5.74) is 0.582. The van der Waals surface area contributed by atoms with Crippen LogP contribution in [0.2, 0.25) is 0 Å². The van der Waals surface area contributed by atoms with Crippen LogP contribution in [-0.2, 0) is 0 Å². The van der Waals surface area contributed by atoms with Crippen molar-refractivity contribution >= 4 is 34.2 Å². The maximum Gasteiger partial charge on any atom is 0.335 e. The van der Waals surface area contributed by atoms with Crippen molar-refractivity contribution in [3.63, 3.8) is 0 Å². The molecule has 2 rings (SSSR count). The van der Waals surface area contributed by atoms with E-state index in [9.17, 15) is 14.9 Å². The standard InChI is InChI=1S/C14H10INO5/c1-8-2-3-9(14(17)18)6-13(8)21-12-5-4-10(15)7-11(12)16(19)20/h2-7H,1H3,(H,17,18). The van der Waals surface area contributed by atoms with E-state index in [2.05, 4.69) is 0 Å². The van der Waals surface area contributed by atoms with Crippen molar-refractivity contribution in [1.82, 2.24) is 0 Å². The first-order chi connectivity index (χ1) is 9.88. The van der Waals surface area contributed by atoms with E-state index in [0.29, 0.717) is 9.13 Å². The lowest BCUT2D eigenvalue weighted by Gasteiger charge is -2.10. The molecule has 1 N–H and O–H groups in total. The van der Waals surface area contributed by atoms with Crippen LogP contribution in [0.5, 0.6) is 11.5 Å². The molecule has 0 aliphatic heterocycles. The quantitative estimate of drug-likeness (QED) is 0.477.